The zero-order valence-electron chi connectivity index (χ0n) is 22.1. The van der Waals surface area contributed by atoms with Crippen LogP contribution in [0.25, 0.3) is 0 Å². The Morgan fingerprint density at radius 1 is 0.579 bits per heavy atom. The van der Waals surface area contributed by atoms with Crippen molar-refractivity contribution in [3.05, 3.63) is 0 Å². The maximum atomic E-state index is 12.2. The lowest BCUT2D eigenvalue weighted by Gasteiger charge is -2.38. The van der Waals surface area contributed by atoms with Gasteiger partial charge in [-0.2, -0.15) is 0 Å². The van der Waals surface area contributed by atoms with E-state index in [2.05, 4.69) is 0 Å². The third-order valence-electron chi connectivity index (χ3n) is 4.88. The first-order valence-electron chi connectivity index (χ1n) is 11.4. The SMILES string of the molecule is CC(=O)OCC(CO[C@H]1[C@H](OC(C)=O)[C@@H](OC(C)=O)[C@@H](OC(C)=O)[C@@]1(COC(C)=O)OC(C)=O)OC(C)=O. The number of hydrogen-bond acceptors (Lipinski definition) is 15. The second-order valence-corrected chi connectivity index (χ2v) is 8.29. The Labute approximate surface area is 218 Å². The lowest BCUT2D eigenvalue weighted by molar-refractivity contribution is -0.223. The molecule has 6 atom stereocenters. The molecule has 1 unspecified atom stereocenters. The van der Waals surface area contributed by atoms with E-state index in [0.29, 0.717) is 0 Å². The molecule has 0 aromatic rings. The van der Waals surface area contributed by atoms with Gasteiger partial charge < -0.3 is 37.9 Å². The fourth-order valence-corrected chi connectivity index (χ4v) is 3.85. The van der Waals surface area contributed by atoms with Gasteiger partial charge in [0.05, 0.1) is 6.61 Å². The highest BCUT2D eigenvalue weighted by atomic mass is 16.7. The summed E-state index contributed by atoms with van der Waals surface area (Å²) in [5.74, 6) is -5.91. The van der Waals surface area contributed by atoms with Gasteiger partial charge in [-0.25, -0.2) is 0 Å². The molecule has 0 radical (unpaired) electrons. The van der Waals surface area contributed by atoms with Gasteiger partial charge in [0.1, 0.15) is 19.3 Å². The summed E-state index contributed by atoms with van der Waals surface area (Å²) in [4.78, 5) is 82.8. The first kappa shape index (κ1) is 32.3. The lowest BCUT2D eigenvalue weighted by atomic mass is 9.96. The first-order chi connectivity index (χ1) is 17.6. The predicted octanol–water partition coefficient (Wildman–Crippen LogP) is -0.460. The molecular weight excluding hydrogens is 516 g/mol. The maximum absolute atomic E-state index is 12.2. The molecule has 15 heteroatoms. The summed E-state index contributed by atoms with van der Waals surface area (Å²) in [6.45, 7) is 5.57. The summed E-state index contributed by atoms with van der Waals surface area (Å²) in [7, 11) is 0. The smallest absolute Gasteiger partial charge is 0.303 e. The van der Waals surface area contributed by atoms with Crippen molar-refractivity contribution in [2.75, 3.05) is 19.8 Å². The van der Waals surface area contributed by atoms with Crippen LogP contribution in [0.1, 0.15) is 48.5 Å². The topological polar surface area (TPSA) is 193 Å². The molecule has 1 rings (SSSR count). The molecule has 0 aliphatic heterocycles. The largest absolute Gasteiger partial charge is 0.462 e. The van der Waals surface area contributed by atoms with Crippen molar-refractivity contribution >= 4 is 41.8 Å². The van der Waals surface area contributed by atoms with Crippen LogP contribution in [0.4, 0.5) is 0 Å². The normalized spacial score (nSPS) is 24.8. The number of carbonyl (C=O) groups is 7. The summed E-state index contributed by atoms with van der Waals surface area (Å²) in [5, 5.41) is 0. The minimum Gasteiger partial charge on any atom is -0.462 e. The van der Waals surface area contributed by atoms with Gasteiger partial charge in [0.2, 0.25) is 5.60 Å². The van der Waals surface area contributed by atoms with E-state index in [0.717, 1.165) is 48.5 Å². The number of ether oxygens (including phenoxy) is 8. The number of rotatable bonds is 12. The van der Waals surface area contributed by atoms with Gasteiger partial charge in [-0.15, -0.1) is 0 Å². The van der Waals surface area contributed by atoms with Crippen LogP contribution in [0.2, 0.25) is 0 Å². The van der Waals surface area contributed by atoms with Gasteiger partial charge in [0.25, 0.3) is 0 Å². The molecule has 1 saturated carbocycles. The van der Waals surface area contributed by atoms with Crippen LogP contribution in [-0.2, 0) is 71.5 Å². The predicted molar refractivity (Wildman–Crippen MR) is 120 cm³/mol. The molecule has 1 aliphatic carbocycles. The molecule has 0 amide bonds. The van der Waals surface area contributed by atoms with Crippen LogP contribution in [0, 0.1) is 0 Å². The Balaban J connectivity index is 3.70. The van der Waals surface area contributed by atoms with Gasteiger partial charge in [-0.1, -0.05) is 0 Å². The zero-order chi connectivity index (χ0) is 29.2. The minimum absolute atomic E-state index is 0.439. The van der Waals surface area contributed by atoms with Crippen molar-refractivity contribution in [1.82, 2.24) is 0 Å². The van der Waals surface area contributed by atoms with Crippen LogP contribution in [0.3, 0.4) is 0 Å². The average molecular weight is 548 g/mol. The highest BCUT2D eigenvalue weighted by Crippen LogP contribution is 2.43. The quantitative estimate of drug-likeness (QED) is 0.224. The van der Waals surface area contributed by atoms with E-state index in [9.17, 15) is 33.6 Å². The second-order valence-electron chi connectivity index (χ2n) is 8.29. The van der Waals surface area contributed by atoms with E-state index in [1.165, 1.54) is 0 Å². The summed E-state index contributed by atoms with van der Waals surface area (Å²) in [6.07, 6.45) is -7.69. The van der Waals surface area contributed by atoms with Crippen molar-refractivity contribution in [1.29, 1.82) is 0 Å². The van der Waals surface area contributed by atoms with Crippen molar-refractivity contribution in [2.45, 2.75) is 84.6 Å². The Morgan fingerprint density at radius 2 is 1.08 bits per heavy atom. The highest BCUT2D eigenvalue weighted by molar-refractivity contribution is 5.71. The van der Waals surface area contributed by atoms with Crippen LogP contribution in [0.5, 0.6) is 0 Å². The Kier molecular flexibility index (Phi) is 12.1. The molecule has 0 saturated heterocycles. The monoisotopic (exact) mass is 548 g/mol. The number of esters is 7. The van der Waals surface area contributed by atoms with Gasteiger partial charge in [0.15, 0.2) is 24.4 Å². The molecule has 0 spiro atoms. The molecule has 1 fully saturated rings. The molecule has 1 aliphatic rings. The Morgan fingerprint density at radius 3 is 1.50 bits per heavy atom. The maximum Gasteiger partial charge on any atom is 0.303 e. The molecular formula is C23H32O15. The van der Waals surface area contributed by atoms with Crippen molar-refractivity contribution in [3.8, 4) is 0 Å². The van der Waals surface area contributed by atoms with E-state index in [1.54, 1.807) is 0 Å². The molecule has 0 aromatic carbocycles. The summed E-state index contributed by atoms with van der Waals surface area (Å²) in [5.41, 5.74) is -2.22. The fourth-order valence-electron chi connectivity index (χ4n) is 3.85. The standard InChI is InChI=1S/C23H32O15/c1-11(24)31-8-18(34-13(3)26)9-32-21-19(35-14(4)27)20(36-15(5)28)22(37-16(6)29)23(21,38-17(7)30)10-33-12(2)25/h18-22H,8-10H2,1-7H3/t18?,19-,20-,21+,22-,23+/m1/s1. The average Bonchev–Trinajstić information content (AvgIpc) is 2.95. The Hall–Kier alpha value is -3.75. The van der Waals surface area contributed by atoms with Crippen molar-refractivity contribution in [3.63, 3.8) is 0 Å². The summed E-state index contributed by atoms with van der Waals surface area (Å²) < 4.78 is 42.5. The zero-order valence-corrected chi connectivity index (χ0v) is 22.1. The fraction of sp³-hybridized carbons (Fsp3) is 0.696. The highest BCUT2D eigenvalue weighted by Gasteiger charge is 2.70. The summed E-state index contributed by atoms with van der Waals surface area (Å²) in [6, 6.07) is 0. The van der Waals surface area contributed by atoms with E-state index >= 15 is 0 Å². The minimum atomic E-state index is -2.22. The van der Waals surface area contributed by atoms with Gasteiger partial charge in [0, 0.05) is 48.5 Å². The number of hydrogen-bond donors (Lipinski definition) is 0. The van der Waals surface area contributed by atoms with E-state index < -0.39 is 97.7 Å². The third-order valence-corrected chi connectivity index (χ3v) is 4.88. The lowest BCUT2D eigenvalue weighted by Crippen LogP contribution is -2.58. The van der Waals surface area contributed by atoms with Crippen LogP contribution >= 0.6 is 0 Å². The summed E-state index contributed by atoms with van der Waals surface area (Å²) >= 11 is 0. The van der Waals surface area contributed by atoms with E-state index in [-0.39, 0.29) is 0 Å². The third kappa shape index (κ3) is 9.61. The van der Waals surface area contributed by atoms with Gasteiger partial charge in [-0.05, 0) is 0 Å². The molecule has 0 aromatic heterocycles. The Bertz CT molecular complexity index is 928. The number of carbonyl (C=O) groups excluding carboxylic acids is 7. The van der Waals surface area contributed by atoms with Crippen LogP contribution < -0.4 is 0 Å². The van der Waals surface area contributed by atoms with Gasteiger partial charge in [-0.3, -0.25) is 33.6 Å². The molecule has 0 bridgehead atoms. The van der Waals surface area contributed by atoms with Crippen LogP contribution in [-0.4, -0.2) is 97.7 Å². The second kappa shape index (κ2) is 14.3. The molecule has 38 heavy (non-hydrogen) atoms. The van der Waals surface area contributed by atoms with E-state index in [4.69, 9.17) is 37.9 Å². The van der Waals surface area contributed by atoms with Crippen LogP contribution in [0.15, 0.2) is 0 Å². The first-order valence-corrected chi connectivity index (χ1v) is 11.4. The van der Waals surface area contributed by atoms with Crippen molar-refractivity contribution in [2.24, 2.45) is 0 Å². The van der Waals surface area contributed by atoms with Crippen molar-refractivity contribution < 1.29 is 71.5 Å². The van der Waals surface area contributed by atoms with E-state index in [1.807, 2.05) is 0 Å². The molecule has 15 nitrogen and oxygen atoms in total. The van der Waals surface area contributed by atoms with Gasteiger partial charge >= 0.3 is 41.8 Å². The molecule has 214 valence electrons. The molecule has 0 heterocycles. The molecule has 0 N–H and O–H groups in total.